The summed E-state index contributed by atoms with van der Waals surface area (Å²) in [6, 6.07) is -3.56. The van der Waals surface area contributed by atoms with Crippen LogP contribution in [0.4, 0.5) is 8.78 Å². The van der Waals surface area contributed by atoms with E-state index in [1.165, 1.54) is 39.5 Å². The van der Waals surface area contributed by atoms with Gasteiger partial charge in [-0.2, -0.15) is 8.78 Å². The highest BCUT2D eigenvalue weighted by Gasteiger charge is 2.69. The molecule has 50 heavy (non-hydrogen) atoms. The predicted molar refractivity (Wildman–Crippen MR) is 173 cm³/mol. The maximum absolute atomic E-state index is 15.0. The highest BCUT2D eigenvalue weighted by atomic mass is 19.3. The molecular formula is C32H56F2N4O12. The van der Waals surface area contributed by atoms with Crippen molar-refractivity contribution in [3.63, 3.8) is 0 Å². The van der Waals surface area contributed by atoms with Crippen LogP contribution in [-0.2, 0) is 28.7 Å². The molecule has 1 unspecified atom stereocenters. The Kier molecular flexibility index (Phi) is 19.8. The Morgan fingerprint density at radius 2 is 1.36 bits per heavy atom. The van der Waals surface area contributed by atoms with E-state index in [0.29, 0.717) is 6.42 Å². The summed E-state index contributed by atoms with van der Waals surface area (Å²) >= 11 is 0. The lowest BCUT2D eigenvalue weighted by atomic mass is 9.88. The van der Waals surface area contributed by atoms with Gasteiger partial charge < -0.3 is 56.6 Å². The Bertz CT molecular complexity index is 1100. The summed E-state index contributed by atoms with van der Waals surface area (Å²) in [5.41, 5.74) is 0. The highest BCUT2D eigenvalue weighted by Crippen LogP contribution is 2.40. The van der Waals surface area contributed by atoms with E-state index in [1.54, 1.807) is 0 Å². The number of amides is 4. The van der Waals surface area contributed by atoms with Crippen LogP contribution in [0.1, 0.15) is 104 Å². The average molecular weight is 727 g/mol. The molecule has 1 rings (SSSR count). The van der Waals surface area contributed by atoms with E-state index in [0.717, 1.165) is 25.7 Å². The number of aliphatic hydroxyl groups is 5. The summed E-state index contributed by atoms with van der Waals surface area (Å²) in [6.07, 6.45) is 0.266. The molecule has 0 aromatic carbocycles. The fraction of sp³-hybridized carbons (Fsp3) is 0.844. The Morgan fingerprint density at radius 3 is 1.92 bits per heavy atom. The van der Waals surface area contributed by atoms with Gasteiger partial charge in [0.15, 0.2) is 0 Å². The Balaban J connectivity index is 2.76. The van der Waals surface area contributed by atoms with E-state index in [1.807, 2.05) is 5.32 Å². The molecule has 0 aliphatic carbocycles. The van der Waals surface area contributed by atoms with Gasteiger partial charge in [-0.1, -0.05) is 58.3 Å². The Morgan fingerprint density at radius 1 is 0.800 bits per heavy atom. The zero-order chi connectivity index (χ0) is 38.1. The van der Waals surface area contributed by atoms with Gasteiger partial charge in [0.2, 0.25) is 17.7 Å². The minimum atomic E-state index is -4.86. The van der Waals surface area contributed by atoms with Gasteiger partial charge in [0.1, 0.15) is 42.5 Å². The van der Waals surface area contributed by atoms with E-state index >= 15 is 0 Å². The zero-order valence-corrected chi connectivity index (χ0v) is 29.0. The van der Waals surface area contributed by atoms with E-state index in [-0.39, 0.29) is 25.7 Å². The SMILES string of the molecule is CCCCCCCCCCCC(=O)NC(CCCCNC(=O)C(F)(F)[C@]1(O)O[C@H](CO)[C@H](O)[C@H](O)[C@H]1O)C(=O)N[C@@H](C)C(=O)N[C@H](C)C(=O)O. The van der Waals surface area contributed by atoms with Crippen LogP contribution in [0.3, 0.4) is 0 Å². The van der Waals surface area contributed by atoms with Crippen molar-refractivity contribution >= 4 is 29.6 Å². The minimum absolute atomic E-state index is 0.0195. The van der Waals surface area contributed by atoms with Gasteiger partial charge in [-0.25, -0.2) is 0 Å². The van der Waals surface area contributed by atoms with Gasteiger partial charge in [-0.15, -0.1) is 0 Å². The highest BCUT2D eigenvalue weighted by molar-refractivity contribution is 5.93. The number of ether oxygens (including phenoxy) is 1. The van der Waals surface area contributed by atoms with Gasteiger partial charge in [-0.3, -0.25) is 24.0 Å². The molecule has 1 saturated heterocycles. The molecule has 0 bridgehead atoms. The number of alkyl halides is 2. The average Bonchev–Trinajstić information content (AvgIpc) is 3.06. The Hall–Kier alpha value is -3.03. The van der Waals surface area contributed by atoms with Crippen LogP contribution >= 0.6 is 0 Å². The second-order valence-electron chi connectivity index (χ2n) is 12.8. The number of hydrogen-bond acceptors (Lipinski definition) is 11. The van der Waals surface area contributed by atoms with Crippen molar-refractivity contribution < 1.29 is 68.1 Å². The first-order valence-electron chi connectivity index (χ1n) is 17.3. The number of carbonyl (C=O) groups excluding carboxylic acids is 4. The number of halogens is 2. The number of aliphatic hydroxyl groups excluding tert-OH is 4. The molecule has 1 aliphatic heterocycles. The van der Waals surface area contributed by atoms with Crippen molar-refractivity contribution in [3.8, 4) is 0 Å². The number of unbranched alkanes of at least 4 members (excludes halogenated alkanes) is 9. The number of rotatable bonds is 24. The first-order valence-corrected chi connectivity index (χ1v) is 17.3. The normalized spacial score (nSPS) is 24.0. The molecule has 1 aliphatic rings. The lowest BCUT2D eigenvalue weighted by Crippen LogP contribution is -2.73. The van der Waals surface area contributed by atoms with Crippen LogP contribution in [0.2, 0.25) is 0 Å². The Labute approximate surface area is 290 Å². The van der Waals surface area contributed by atoms with Crippen LogP contribution < -0.4 is 21.3 Å². The van der Waals surface area contributed by atoms with Crippen molar-refractivity contribution in [1.29, 1.82) is 0 Å². The number of carboxylic acid groups (broad SMARTS) is 1. The van der Waals surface area contributed by atoms with Crippen LogP contribution in [0.5, 0.6) is 0 Å². The van der Waals surface area contributed by atoms with Crippen LogP contribution in [0.25, 0.3) is 0 Å². The number of aliphatic carboxylic acids is 1. The molecule has 290 valence electrons. The predicted octanol–water partition coefficient (Wildman–Crippen LogP) is -0.430. The van der Waals surface area contributed by atoms with Crippen LogP contribution in [0.15, 0.2) is 0 Å². The summed E-state index contributed by atoms with van der Waals surface area (Å²) < 4.78 is 34.5. The smallest absolute Gasteiger partial charge is 0.379 e. The molecule has 18 heteroatoms. The van der Waals surface area contributed by atoms with Crippen LogP contribution in [-0.4, -0.2) is 128 Å². The molecule has 10 N–H and O–H groups in total. The third-order valence-corrected chi connectivity index (χ3v) is 8.55. The minimum Gasteiger partial charge on any atom is -0.480 e. The number of carbonyl (C=O) groups is 5. The molecule has 8 atom stereocenters. The van der Waals surface area contributed by atoms with Gasteiger partial charge in [0.05, 0.1) is 6.61 Å². The van der Waals surface area contributed by atoms with Gasteiger partial charge in [-0.05, 0) is 39.5 Å². The quantitative estimate of drug-likeness (QED) is 0.0569. The lowest BCUT2D eigenvalue weighted by molar-refractivity contribution is -0.401. The summed E-state index contributed by atoms with van der Waals surface area (Å²) in [4.78, 5) is 61.6. The number of carboxylic acids is 1. The summed E-state index contributed by atoms with van der Waals surface area (Å²) in [7, 11) is 0. The first-order chi connectivity index (χ1) is 23.4. The standard InChI is InChI=1S/C32H56F2N4O12/c1-4-5-6-7-8-9-10-11-12-16-23(40)38-21(28(45)36-19(2)27(44)37-20(3)29(46)47)15-13-14-17-35-30(48)31(33,34)32(49)26(43)25(42)24(41)22(18-39)50-32/h19-22,24-26,39,41-43,49H,4-18H2,1-3H3,(H,35,48)(H,36,45)(H,37,44)(H,38,40)(H,46,47)/t19-,20+,21?,22+,24-,25-,26+,32+/m0/s1. The summed E-state index contributed by atoms with van der Waals surface area (Å²) in [6.45, 7) is 3.16. The van der Waals surface area contributed by atoms with E-state index in [4.69, 9.17) is 5.11 Å². The number of nitrogens with one attached hydrogen (secondary N) is 4. The van der Waals surface area contributed by atoms with Crippen molar-refractivity contribution in [1.82, 2.24) is 21.3 Å². The molecule has 0 radical (unpaired) electrons. The first kappa shape index (κ1) is 45.0. The molecule has 0 spiro atoms. The van der Waals surface area contributed by atoms with E-state index in [9.17, 15) is 58.3 Å². The third kappa shape index (κ3) is 13.6. The third-order valence-electron chi connectivity index (χ3n) is 8.55. The van der Waals surface area contributed by atoms with Gasteiger partial charge in [0.25, 0.3) is 11.7 Å². The lowest BCUT2D eigenvalue weighted by Gasteiger charge is -2.47. The van der Waals surface area contributed by atoms with E-state index < -0.39 is 97.0 Å². The van der Waals surface area contributed by atoms with Crippen molar-refractivity contribution in [3.05, 3.63) is 0 Å². The summed E-state index contributed by atoms with van der Waals surface area (Å²) in [5, 5.41) is 67.4. The van der Waals surface area contributed by atoms with Crippen molar-refractivity contribution in [2.75, 3.05) is 13.2 Å². The fourth-order valence-corrected chi connectivity index (χ4v) is 5.27. The maximum atomic E-state index is 15.0. The molecule has 0 saturated carbocycles. The second kappa shape index (κ2) is 22.0. The molecule has 16 nitrogen and oxygen atoms in total. The van der Waals surface area contributed by atoms with Crippen molar-refractivity contribution in [2.24, 2.45) is 0 Å². The topological polar surface area (TPSA) is 264 Å². The maximum Gasteiger partial charge on any atom is 0.379 e. The van der Waals surface area contributed by atoms with Crippen LogP contribution in [0, 0.1) is 0 Å². The molecule has 1 fully saturated rings. The number of hydrogen-bond donors (Lipinski definition) is 10. The largest absolute Gasteiger partial charge is 0.480 e. The fourth-order valence-electron chi connectivity index (χ4n) is 5.27. The molecule has 0 aromatic rings. The summed E-state index contributed by atoms with van der Waals surface area (Å²) in [5.74, 6) is -14.2. The monoisotopic (exact) mass is 726 g/mol. The van der Waals surface area contributed by atoms with Gasteiger partial charge >= 0.3 is 11.9 Å². The zero-order valence-electron chi connectivity index (χ0n) is 29.0. The van der Waals surface area contributed by atoms with E-state index in [2.05, 4.69) is 27.6 Å². The van der Waals surface area contributed by atoms with Crippen molar-refractivity contribution in [2.45, 2.75) is 158 Å². The molecule has 0 aromatic heterocycles. The van der Waals surface area contributed by atoms with Gasteiger partial charge in [0, 0.05) is 13.0 Å². The molecule has 4 amide bonds. The molecule has 1 heterocycles. The molecular weight excluding hydrogens is 670 g/mol. The second-order valence-corrected chi connectivity index (χ2v) is 12.8.